The molecule has 2 unspecified atom stereocenters. The molecular weight excluding hydrogens is 246 g/mol. The fourth-order valence-electron chi connectivity index (χ4n) is 2.79. The van der Waals surface area contributed by atoms with E-state index in [0.717, 1.165) is 25.0 Å². The molecule has 1 aromatic heterocycles. The molecule has 1 heterocycles. The normalized spacial score (nSPS) is 21.1. The Balaban J connectivity index is 1.48. The fourth-order valence-corrected chi connectivity index (χ4v) is 2.79. The van der Waals surface area contributed by atoms with Gasteiger partial charge in [0.05, 0.1) is 12.7 Å². The van der Waals surface area contributed by atoms with Crippen molar-refractivity contribution < 1.29 is 0 Å². The Kier molecular flexibility index (Phi) is 4.16. The molecule has 1 aromatic carbocycles. The number of aromatic nitrogens is 2. The zero-order valence-electron chi connectivity index (χ0n) is 12.1. The Bertz CT molecular complexity index is 532. The van der Waals surface area contributed by atoms with Gasteiger partial charge in [-0.3, -0.25) is 4.68 Å². The van der Waals surface area contributed by atoms with Crippen LogP contribution in [0.5, 0.6) is 0 Å². The zero-order chi connectivity index (χ0) is 13.8. The maximum absolute atomic E-state index is 4.44. The molecule has 106 valence electrons. The van der Waals surface area contributed by atoms with E-state index in [-0.39, 0.29) is 0 Å². The fraction of sp³-hybridized carbons (Fsp3) is 0.471. The largest absolute Gasteiger partial charge is 0.310 e. The molecule has 2 atom stereocenters. The SMILES string of the molecule is CCCC1CC1NCc1cnn(Cc2ccccc2)c1. The maximum atomic E-state index is 4.44. The van der Waals surface area contributed by atoms with Crippen molar-refractivity contribution in [3.05, 3.63) is 53.9 Å². The number of hydrogen-bond donors (Lipinski definition) is 1. The van der Waals surface area contributed by atoms with Crippen molar-refractivity contribution in [2.75, 3.05) is 0 Å². The predicted octanol–water partition coefficient (Wildman–Crippen LogP) is 3.21. The van der Waals surface area contributed by atoms with E-state index in [0.29, 0.717) is 0 Å². The van der Waals surface area contributed by atoms with Crippen LogP contribution < -0.4 is 5.32 Å². The molecule has 0 saturated heterocycles. The molecule has 1 aliphatic carbocycles. The Morgan fingerprint density at radius 2 is 2.10 bits per heavy atom. The summed E-state index contributed by atoms with van der Waals surface area (Å²) in [6.45, 7) is 4.06. The molecule has 0 radical (unpaired) electrons. The van der Waals surface area contributed by atoms with Gasteiger partial charge in [-0.05, 0) is 24.3 Å². The molecule has 3 heteroatoms. The minimum atomic E-state index is 0.743. The van der Waals surface area contributed by atoms with E-state index in [2.05, 4.69) is 47.8 Å². The second-order valence-electron chi connectivity index (χ2n) is 5.80. The third-order valence-electron chi connectivity index (χ3n) is 4.02. The van der Waals surface area contributed by atoms with Gasteiger partial charge in [-0.15, -0.1) is 0 Å². The van der Waals surface area contributed by atoms with Crippen LogP contribution in [0.15, 0.2) is 42.7 Å². The van der Waals surface area contributed by atoms with Gasteiger partial charge in [-0.2, -0.15) is 5.10 Å². The van der Waals surface area contributed by atoms with Gasteiger partial charge in [0.25, 0.3) is 0 Å². The third-order valence-corrected chi connectivity index (χ3v) is 4.02. The highest BCUT2D eigenvalue weighted by Gasteiger charge is 2.35. The van der Waals surface area contributed by atoms with E-state index in [1.54, 1.807) is 0 Å². The summed E-state index contributed by atoms with van der Waals surface area (Å²) in [5, 5.41) is 8.07. The van der Waals surface area contributed by atoms with Crippen molar-refractivity contribution in [1.82, 2.24) is 15.1 Å². The van der Waals surface area contributed by atoms with Gasteiger partial charge in [-0.1, -0.05) is 43.7 Å². The molecule has 2 aromatic rings. The lowest BCUT2D eigenvalue weighted by Gasteiger charge is -2.02. The molecule has 0 aliphatic heterocycles. The highest BCUT2D eigenvalue weighted by atomic mass is 15.3. The summed E-state index contributed by atoms with van der Waals surface area (Å²) in [6, 6.07) is 11.2. The third kappa shape index (κ3) is 3.48. The summed E-state index contributed by atoms with van der Waals surface area (Å²) in [6.07, 6.45) is 8.15. The molecule has 3 nitrogen and oxygen atoms in total. The number of benzene rings is 1. The van der Waals surface area contributed by atoms with E-state index in [1.165, 1.54) is 30.4 Å². The Hall–Kier alpha value is -1.61. The van der Waals surface area contributed by atoms with Crippen LogP contribution in [-0.2, 0) is 13.1 Å². The summed E-state index contributed by atoms with van der Waals surface area (Å²) in [4.78, 5) is 0. The first-order chi connectivity index (χ1) is 9.85. The summed E-state index contributed by atoms with van der Waals surface area (Å²) >= 11 is 0. The van der Waals surface area contributed by atoms with Crippen LogP contribution in [0.1, 0.15) is 37.3 Å². The molecule has 1 N–H and O–H groups in total. The van der Waals surface area contributed by atoms with Gasteiger partial charge in [0.2, 0.25) is 0 Å². The average Bonchev–Trinajstić information content (AvgIpc) is 3.06. The van der Waals surface area contributed by atoms with Gasteiger partial charge >= 0.3 is 0 Å². The summed E-state index contributed by atoms with van der Waals surface area (Å²) < 4.78 is 2.02. The maximum Gasteiger partial charge on any atom is 0.0659 e. The van der Waals surface area contributed by atoms with Gasteiger partial charge in [0.15, 0.2) is 0 Å². The van der Waals surface area contributed by atoms with E-state index in [1.807, 2.05) is 16.9 Å². The van der Waals surface area contributed by atoms with Crippen molar-refractivity contribution >= 4 is 0 Å². The minimum Gasteiger partial charge on any atom is -0.310 e. The minimum absolute atomic E-state index is 0.743. The lowest BCUT2D eigenvalue weighted by atomic mass is 10.2. The summed E-state index contributed by atoms with van der Waals surface area (Å²) in [5.74, 6) is 0.916. The van der Waals surface area contributed by atoms with Crippen LogP contribution >= 0.6 is 0 Å². The van der Waals surface area contributed by atoms with Crippen LogP contribution in [0.4, 0.5) is 0 Å². The first-order valence-corrected chi connectivity index (χ1v) is 7.64. The quantitative estimate of drug-likeness (QED) is 0.836. The van der Waals surface area contributed by atoms with Crippen LogP contribution in [0, 0.1) is 5.92 Å². The second-order valence-corrected chi connectivity index (χ2v) is 5.80. The lowest BCUT2D eigenvalue weighted by molar-refractivity contribution is 0.598. The average molecular weight is 269 g/mol. The smallest absolute Gasteiger partial charge is 0.0659 e. The van der Waals surface area contributed by atoms with Crippen molar-refractivity contribution in [2.24, 2.45) is 5.92 Å². The van der Waals surface area contributed by atoms with Crippen molar-refractivity contribution in [3.8, 4) is 0 Å². The van der Waals surface area contributed by atoms with E-state index in [9.17, 15) is 0 Å². The highest BCUT2D eigenvalue weighted by molar-refractivity contribution is 5.15. The van der Waals surface area contributed by atoms with E-state index in [4.69, 9.17) is 0 Å². The van der Waals surface area contributed by atoms with Gasteiger partial charge in [0, 0.05) is 24.3 Å². The number of hydrogen-bond acceptors (Lipinski definition) is 2. The molecule has 0 bridgehead atoms. The van der Waals surface area contributed by atoms with Crippen molar-refractivity contribution in [2.45, 2.75) is 45.3 Å². The number of nitrogens with zero attached hydrogens (tertiary/aromatic N) is 2. The molecule has 3 rings (SSSR count). The molecule has 1 aliphatic rings. The zero-order valence-corrected chi connectivity index (χ0v) is 12.1. The molecule has 0 amide bonds. The molecular formula is C17H23N3. The Morgan fingerprint density at radius 1 is 1.25 bits per heavy atom. The van der Waals surface area contributed by atoms with E-state index >= 15 is 0 Å². The van der Waals surface area contributed by atoms with Crippen molar-refractivity contribution in [3.63, 3.8) is 0 Å². The van der Waals surface area contributed by atoms with Crippen molar-refractivity contribution in [1.29, 1.82) is 0 Å². The van der Waals surface area contributed by atoms with Crippen LogP contribution in [-0.4, -0.2) is 15.8 Å². The topological polar surface area (TPSA) is 29.9 Å². The summed E-state index contributed by atoms with van der Waals surface area (Å²) in [7, 11) is 0. The summed E-state index contributed by atoms with van der Waals surface area (Å²) in [5.41, 5.74) is 2.57. The molecule has 1 fully saturated rings. The van der Waals surface area contributed by atoms with E-state index < -0.39 is 0 Å². The first-order valence-electron chi connectivity index (χ1n) is 7.64. The molecule has 20 heavy (non-hydrogen) atoms. The van der Waals surface area contributed by atoms with Crippen LogP contribution in [0.3, 0.4) is 0 Å². The Morgan fingerprint density at radius 3 is 2.90 bits per heavy atom. The predicted molar refractivity (Wildman–Crippen MR) is 81.4 cm³/mol. The highest BCUT2D eigenvalue weighted by Crippen LogP contribution is 2.34. The molecule has 0 spiro atoms. The number of nitrogens with one attached hydrogen (secondary N) is 1. The van der Waals surface area contributed by atoms with Gasteiger partial charge < -0.3 is 5.32 Å². The first kappa shape index (κ1) is 13.4. The monoisotopic (exact) mass is 269 g/mol. The number of rotatable bonds is 7. The second kappa shape index (κ2) is 6.23. The standard InChI is InChI=1S/C17H23N3/c1-2-6-16-9-17(16)18-10-15-11-19-20(13-15)12-14-7-4-3-5-8-14/h3-5,7-8,11,13,16-18H,2,6,9-10,12H2,1H3. The lowest BCUT2D eigenvalue weighted by Crippen LogP contribution is -2.17. The van der Waals surface area contributed by atoms with Crippen LogP contribution in [0.2, 0.25) is 0 Å². The van der Waals surface area contributed by atoms with Gasteiger partial charge in [0.1, 0.15) is 0 Å². The van der Waals surface area contributed by atoms with Crippen LogP contribution in [0.25, 0.3) is 0 Å². The van der Waals surface area contributed by atoms with Gasteiger partial charge in [-0.25, -0.2) is 0 Å². The molecule has 1 saturated carbocycles. The Labute approximate surface area is 121 Å².